The van der Waals surface area contributed by atoms with Gasteiger partial charge in [0.2, 0.25) is 5.43 Å². The van der Waals surface area contributed by atoms with E-state index in [4.69, 9.17) is 10.6 Å². The minimum absolute atomic E-state index is 0.179. The number of imidazole rings is 1. The molecule has 3 N–H and O–H groups in total. The van der Waals surface area contributed by atoms with Crippen molar-refractivity contribution in [1.29, 1.82) is 0 Å². The fourth-order valence-electron chi connectivity index (χ4n) is 2.03. The highest BCUT2D eigenvalue weighted by molar-refractivity contribution is 5.59. The smallest absolute Gasteiger partial charge is 0.224 e. The number of hydrogen-bond acceptors (Lipinski definition) is 4. The van der Waals surface area contributed by atoms with Crippen molar-refractivity contribution in [3.05, 3.63) is 70.8 Å². The molecule has 0 aliphatic rings. The zero-order chi connectivity index (χ0) is 14.7. The lowest BCUT2D eigenvalue weighted by Gasteiger charge is -2.12. The number of nitrogens with zero attached hydrogens (tertiary/aromatic N) is 2. The van der Waals surface area contributed by atoms with Gasteiger partial charge in [0.05, 0.1) is 0 Å². The van der Waals surface area contributed by atoms with Gasteiger partial charge in [-0.3, -0.25) is 9.47 Å². The van der Waals surface area contributed by atoms with Crippen molar-refractivity contribution in [3.8, 4) is 17.3 Å². The summed E-state index contributed by atoms with van der Waals surface area (Å²) in [6.07, 6.45) is 4.73. The van der Waals surface area contributed by atoms with Crippen LogP contribution in [0.5, 0.6) is 5.75 Å². The maximum Gasteiger partial charge on any atom is 0.224 e. The molecule has 0 aliphatic heterocycles. The van der Waals surface area contributed by atoms with Crippen molar-refractivity contribution in [1.82, 2.24) is 14.6 Å². The van der Waals surface area contributed by atoms with Gasteiger partial charge in [0, 0.05) is 24.7 Å². The highest BCUT2D eigenvalue weighted by atomic mass is 16.5. The van der Waals surface area contributed by atoms with Crippen LogP contribution < -0.4 is 16.0 Å². The van der Waals surface area contributed by atoms with Gasteiger partial charge in [-0.25, -0.2) is 4.98 Å². The molecule has 2 aromatic heterocycles. The number of pyridine rings is 1. The number of hydrogen-bond donors (Lipinski definition) is 2. The van der Waals surface area contributed by atoms with Crippen molar-refractivity contribution < 1.29 is 4.74 Å². The standard InChI is InChI=1S/C15H14N4O2/c16-19-9-6-12(20)14(13(19)15-17-7-8-18-15)21-10-11-4-2-1-3-5-11/h1-9H,10,16H2,(H,17,18). The number of aromatic amines is 1. The van der Waals surface area contributed by atoms with Crippen molar-refractivity contribution in [2.45, 2.75) is 6.61 Å². The second-order valence-corrected chi connectivity index (χ2v) is 4.48. The third-order valence-electron chi connectivity index (χ3n) is 3.03. The molecule has 6 nitrogen and oxygen atoms in total. The van der Waals surface area contributed by atoms with Crippen LogP contribution in [0.15, 0.2) is 59.8 Å². The van der Waals surface area contributed by atoms with E-state index in [9.17, 15) is 4.79 Å². The van der Waals surface area contributed by atoms with E-state index < -0.39 is 0 Å². The van der Waals surface area contributed by atoms with Gasteiger partial charge in [0.15, 0.2) is 17.3 Å². The van der Waals surface area contributed by atoms with Crippen LogP contribution in [-0.4, -0.2) is 14.6 Å². The summed E-state index contributed by atoms with van der Waals surface area (Å²) in [6.45, 7) is 0.286. The van der Waals surface area contributed by atoms with E-state index in [1.54, 1.807) is 12.4 Å². The first-order valence-electron chi connectivity index (χ1n) is 6.43. The highest BCUT2D eigenvalue weighted by Gasteiger charge is 2.15. The largest absolute Gasteiger partial charge is 0.483 e. The van der Waals surface area contributed by atoms with Gasteiger partial charge in [0.25, 0.3) is 0 Å². The molecule has 106 valence electrons. The molecule has 0 unspecified atom stereocenters. The van der Waals surface area contributed by atoms with Crippen molar-refractivity contribution in [2.24, 2.45) is 0 Å². The normalized spacial score (nSPS) is 10.5. The molecule has 0 spiro atoms. The first-order valence-corrected chi connectivity index (χ1v) is 6.43. The van der Waals surface area contributed by atoms with E-state index in [1.807, 2.05) is 30.3 Å². The molecule has 3 aromatic rings. The molecule has 0 saturated carbocycles. The maximum absolute atomic E-state index is 12.1. The third kappa shape index (κ3) is 2.64. The molecular formula is C15H14N4O2. The molecular weight excluding hydrogens is 268 g/mol. The van der Waals surface area contributed by atoms with Crippen molar-refractivity contribution in [2.75, 3.05) is 5.84 Å². The Labute approximate surface area is 120 Å². The first-order chi connectivity index (χ1) is 10.3. The maximum atomic E-state index is 12.1. The van der Waals surface area contributed by atoms with Gasteiger partial charge in [-0.2, -0.15) is 0 Å². The molecule has 3 rings (SSSR count). The highest BCUT2D eigenvalue weighted by Crippen LogP contribution is 2.23. The Kier molecular flexibility index (Phi) is 3.42. The Bertz CT molecular complexity index is 779. The van der Waals surface area contributed by atoms with Crippen LogP contribution in [0.3, 0.4) is 0 Å². The third-order valence-corrected chi connectivity index (χ3v) is 3.03. The number of aromatic nitrogens is 3. The summed E-state index contributed by atoms with van der Waals surface area (Å²) in [5.41, 5.74) is 1.15. The average Bonchev–Trinajstić information content (AvgIpc) is 3.03. The van der Waals surface area contributed by atoms with E-state index in [2.05, 4.69) is 9.97 Å². The molecule has 0 atom stereocenters. The van der Waals surface area contributed by atoms with Crippen molar-refractivity contribution >= 4 is 0 Å². The minimum Gasteiger partial charge on any atom is -0.483 e. The van der Waals surface area contributed by atoms with E-state index in [-0.39, 0.29) is 17.8 Å². The molecule has 6 heteroatoms. The summed E-state index contributed by atoms with van der Waals surface area (Å²) in [7, 11) is 0. The second kappa shape index (κ2) is 5.54. The zero-order valence-electron chi connectivity index (χ0n) is 11.2. The number of nitrogens with two attached hydrogens (primary N) is 1. The summed E-state index contributed by atoms with van der Waals surface area (Å²) in [6, 6.07) is 11.0. The molecule has 0 amide bonds. The predicted molar refractivity (Wildman–Crippen MR) is 79.2 cm³/mol. The molecule has 0 bridgehead atoms. The van der Waals surface area contributed by atoms with Gasteiger partial charge in [-0.05, 0) is 5.56 Å². The number of benzene rings is 1. The lowest BCUT2D eigenvalue weighted by molar-refractivity contribution is 0.302. The lowest BCUT2D eigenvalue weighted by atomic mass is 10.2. The van der Waals surface area contributed by atoms with Crippen LogP contribution in [0, 0.1) is 0 Å². The Morgan fingerprint density at radius 1 is 1.24 bits per heavy atom. The molecule has 21 heavy (non-hydrogen) atoms. The van der Waals surface area contributed by atoms with E-state index in [0.29, 0.717) is 11.5 Å². The topological polar surface area (TPSA) is 85.9 Å². The molecule has 0 radical (unpaired) electrons. The van der Waals surface area contributed by atoms with E-state index in [1.165, 1.54) is 16.9 Å². The van der Waals surface area contributed by atoms with Crippen LogP contribution >= 0.6 is 0 Å². The fourth-order valence-corrected chi connectivity index (χ4v) is 2.03. The van der Waals surface area contributed by atoms with Gasteiger partial charge < -0.3 is 15.6 Å². The molecule has 0 aliphatic carbocycles. The predicted octanol–water partition coefficient (Wildman–Crippen LogP) is 1.53. The van der Waals surface area contributed by atoms with Crippen LogP contribution in [0.2, 0.25) is 0 Å². The molecule has 2 heterocycles. The number of nitrogens with one attached hydrogen (secondary N) is 1. The fraction of sp³-hybridized carbons (Fsp3) is 0.0667. The molecule has 1 aromatic carbocycles. The quantitative estimate of drug-likeness (QED) is 0.711. The Morgan fingerprint density at radius 2 is 2.05 bits per heavy atom. The van der Waals surface area contributed by atoms with Gasteiger partial charge >= 0.3 is 0 Å². The first kappa shape index (κ1) is 13.0. The summed E-state index contributed by atoms with van der Waals surface area (Å²) < 4.78 is 7.01. The Balaban J connectivity index is 1.98. The van der Waals surface area contributed by atoms with Crippen LogP contribution in [0.1, 0.15) is 5.56 Å². The average molecular weight is 282 g/mol. The van der Waals surface area contributed by atoms with Gasteiger partial charge in [0.1, 0.15) is 6.61 Å². The molecule has 0 fully saturated rings. The van der Waals surface area contributed by atoms with E-state index in [0.717, 1.165) is 5.56 Å². The van der Waals surface area contributed by atoms with Crippen LogP contribution in [0.25, 0.3) is 11.5 Å². The van der Waals surface area contributed by atoms with Gasteiger partial charge in [-0.15, -0.1) is 0 Å². The zero-order valence-corrected chi connectivity index (χ0v) is 11.2. The Morgan fingerprint density at radius 3 is 2.76 bits per heavy atom. The Hall–Kier alpha value is -3.02. The monoisotopic (exact) mass is 282 g/mol. The van der Waals surface area contributed by atoms with Crippen LogP contribution in [0.4, 0.5) is 0 Å². The summed E-state index contributed by atoms with van der Waals surface area (Å²) in [4.78, 5) is 19.1. The number of nitrogen functional groups attached to an aromatic ring is 1. The minimum atomic E-state index is -0.237. The summed E-state index contributed by atoms with van der Waals surface area (Å²) in [5, 5.41) is 0. The second-order valence-electron chi connectivity index (χ2n) is 4.48. The summed E-state index contributed by atoms with van der Waals surface area (Å²) >= 11 is 0. The lowest BCUT2D eigenvalue weighted by Crippen LogP contribution is -2.19. The SMILES string of the molecule is Nn1ccc(=O)c(OCc2ccccc2)c1-c1ncc[nH]1. The number of H-pyrrole nitrogens is 1. The van der Waals surface area contributed by atoms with Crippen molar-refractivity contribution in [3.63, 3.8) is 0 Å². The molecule has 0 saturated heterocycles. The van der Waals surface area contributed by atoms with E-state index >= 15 is 0 Å². The summed E-state index contributed by atoms with van der Waals surface area (Å²) in [5.74, 6) is 6.55. The van der Waals surface area contributed by atoms with Crippen LogP contribution in [-0.2, 0) is 6.61 Å². The number of rotatable bonds is 4. The van der Waals surface area contributed by atoms with Gasteiger partial charge in [-0.1, -0.05) is 30.3 Å². The number of ether oxygens (including phenoxy) is 1.